The van der Waals surface area contributed by atoms with Crippen molar-refractivity contribution >= 4 is 5.69 Å². The Kier molecular flexibility index (Phi) is 3.64. The molecule has 2 rings (SSSR count). The molecule has 4 heteroatoms. The molecule has 0 aliphatic carbocycles. The lowest BCUT2D eigenvalue weighted by Gasteiger charge is -2.27. The molecule has 0 radical (unpaired) electrons. The number of halogens is 1. The first kappa shape index (κ1) is 12.3. The van der Waals surface area contributed by atoms with Gasteiger partial charge in [0.1, 0.15) is 5.82 Å². The molecule has 1 saturated heterocycles. The van der Waals surface area contributed by atoms with Gasteiger partial charge in [0.25, 0.3) is 0 Å². The molecule has 0 amide bonds. The predicted molar refractivity (Wildman–Crippen MR) is 64.3 cm³/mol. The lowest BCUT2D eigenvalue weighted by Crippen LogP contribution is -2.35. The van der Waals surface area contributed by atoms with Gasteiger partial charge in [-0.15, -0.1) is 0 Å². The van der Waals surface area contributed by atoms with Crippen molar-refractivity contribution in [2.75, 3.05) is 18.1 Å². The van der Waals surface area contributed by atoms with Crippen LogP contribution < -0.4 is 4.90 Å². The summed E-state index contributed by atoms with van der Waals surface area (Å²) in [5.41, 5.74) is 1.31. The van der Waals surface area contributed by atoms with Gasteiger partial charge in [0.15, 0.2) is 0 Å². The number of hydrogen-bond donors (Lipinski definition) is 2. The van der Waals surface area contributed by atoms with Gasteiger partial charge in [0.2, 0.25) is 0 Å². The molecule has 1 aliphatic heterocycles. The van der Waals surface area contributed by atoms with E-state index in [-0.39, 0.29) is 25.1 Å². The monoisotopic (exact) mass is 239 g/mol. The molecule has 0 bridgehead atoms. The first-order valence-corrected chi connectivity index (χ1v) is 5.93. The fourth-order valence-corrected chi connectivity index (χ4v) is 2.50. The third-order valence-corrected chi connectivity index (χ3v) is 3.53. The molecule has 2 atom stereocenters. The van der Waals surface area contributed by atoms with Crippen molar-refractivity contribution in [3.63, 3.8) is 0 Å². The van der Waals surface area contributed by atoms with Crippen LogP contribution in [0.4, 0.5) is 10.1 Å². The molecule has 94 valence electrons. The highest BCUT2D eigenvalue weighted by Gasteiger charge is 2.30. The Morgan fingerprint density at radius 3 is 2.76 bits per heavy atom. The van der Waals surface area contributed by atoms with Gasteiger partial charge >= 0.3 is 0 Å². The van der Waals surface area contributed by atoms with E-state index in [9.17, 15) is 9.50 Å². The quantitative estimate of drug-likeness (QED) is 0.840. The number of benzene rings is 1. The van der Waals surface area contributed by atoms with Crippen LogP contribution in [0.5, 0.6) is 0 Å². The first-order valence-electron chi connectivity index (χ1n) is 5.93. The largest absolute Gasteiger partial charge is 0.394 e. The van der Waals surface area contributed by atoms with Crippen LogP contribution >= 0.6 is 0 Å². The van der Waals surface area contributed by atoms with Gasteiger partial charge in [-0.3, -0.25) is 0 Å². The minimum absolute atomic E-state index is 0.0448. The van der Waals surface area contributed by atoms with Gasteiger partial charge in [-0.1, -0.05) is 6.92 Å². The van der Waals surface area contributed by atoms with E-state index in [0.717, 1.165) is 18.7 Å². The van der Waals surface area contributed by atoms with E-state index in [1.807, 2.05) is 4.90 Å². The smallest absolute Gasteiger partial charge is 0.125 e. The van der Waals surface area contributed by atoms with Gasteiger partial charge < -0.3 is 15.1 Å². The average Bonchev–Trinajstić information content (AvgIpc) is 2.69. The highest BCUT2D eigenvalue weighted by molar-refractivity contribution is 5.51. The number of aliphatic hydroxyl groups excluding tert-OH is 2. The topological polar surface area (TPSA) is 43.7 Å². The molecule has 1 fully saturated rings. The molecular formula is C13H18FNO2. The molecule has 1 aromatic rings. The van der Waals surface area contributed by atoms with Crippen LogP contribution in [0.2, 0.25) is 0 Å². The van der Waals surface area contributed by atoms with Crippen LogP contribution in [0.1, 0.15) is 18.9 Å². The van der Waals surface area contributed by atoms with Crippen molar-refractivity contribution in [3.05, 3.63) is 29.6 Å². The van der Waals surface area contributed by atoms with Crippen molar-refractivity contribution in [1.82, 2.24) is 0 Å². The molecule has 1 aromatic carbocycles. The molecular weight excluding hydrogens is 221 g/mol. The summed E-state index contributed by atoms with van der Waals surface area (Å²) in [6.07, 6.45) is 0.996. The molecule has 1 aliphatic rings. The lowest BCUT2D eigenvalue weighted by atomic mass is 10.0. The second kappa shape index (κ2) is 5.02. The predicted octanol–water partition coefficient (Wildman–Crippen LogP) is 1.53. The van der Waals surface area contributed by atoms with E-state index >= 15 is 0 Å². The highest BCUT2D eigenvalue weighted by Crippen LogP contribution is 2.30. The summed E-state index contributed by atoms with van der Waals surface area (Å²) in [4.78, 5) is 2.02. The molecule has 0 saturated carbocycles. The first-order chi connectivity index (χ1) is 8.15. The number of hydrogen-bond acceptors (Lipinski definition) is 3. The Balaban J connectivity index is 2.30. The van der Waals surface area contributed by atoms with Crippen molar-refractivity contribution in [1.29, 1.82) is 0 Å². The number of rotatable bonds is 3. The summed E-state index contributed by atoms with van der Waals surface area (Å²) in [7, 11) is 0. The fourth-order valence-electron chi connectivity index (χ4n) is 2.50. The van der Waals surface area contributed by atoms with E-state index < -0.39 is 0 Å². The van der Waals surface area contributed by atoms with Crippen molar-refractivity contribution in [2.24, 2.45) is 5.92 Å². The zero-order chi connectivity index (χ0) is 12.4. The SMILES string of the molecule is CC1CCN(c2cc(F)cc(CO)c2)C1CO. The summed E-state index contributed by atoms with van der Waals surface area (Å²) in [6, 6.07) is 4.61. The number of aliphatic hydroxyl groups is 2. The van der Waals surface area contributed by atoms with E-state index in [4.69, 9.17) is 5.11 Å². The highest BCUT2D eigenvalue weighted by atomic mass is 19.1. The van der Waals surface area contributed by atoms with Crippen LogP contribution in [-0.2, 0) is 6.61 Å². The molecule has 1 heterocycles. The minimum atomic E-state index is -0.345. The lowest BCUT2D eigenvalue weighted by molar-refractivity contribution is 0.244. The van der Waals surface area contributed by atoms with Crippen LogP contribution in [0, 0.1) is 11.7 Å². The Labute approximate surface area is 100 Å². The van der Waals surface area contributed by atoms with Crippen molar-refractivity contribution < 1.29 is 14.6 Å². The van der Waals surface area contributed by atoms with Crippen molar-refractivity contribution in [2.45, 2.75) is 26.0 Å². The molecule has 3 nitrogen and oxygen atoms in total. The van der Waals surface area contributed by atoms with Crippen molar-refractivity contribution in [3.8, 4) is 0 Å². The minimum Gasteiger partial charge on any atom is -0.394 e. The average molecular weight is 239 g/mol. The maximum atomic E-state index is 13.4. The van der Waals surface area contributed by atoms with E-state index in [1.54, 1.807) is 6.07 Å². The van der Waals surface area contributed by atoms with Gasteiger partial charge in [-0.2, -0.15) is 0 Å². The van der Waals surface area contributed by atoms with Gasteiger partial charge in [0.05, 0.1) is 19.3 Å². The second-order valence-corrected chi connectivity index (χ2v) is 4.69. The van der Waals surface area contributed by atoms with Gasteiger partial charge in [-0.25, -0.2) is 4.39 Å². The Hall–Kier alpha value is -1.13. The van der Waals surface area contributed by atoms with Crippen LogP contribution in [0.3, 0.4) is 0 Å². The summed E-state index contributed by atoms with van der Waals surface area (Å²) < 4.78 is 13.4. The second-order valence-electron chi connectivity index (χ2n) is 4.69. The van der Waals surface area contributed by atoms with Crippen LogP contribution in [0.25, 0.3) is 0 Å². The summed E-state index contributed by atoms with van der Waals surface area (Å²) in [5.74, 6) is 0.0589. The summed E-state index contributed by atoms with van der Waals surface area (Å²) in [5, 5.41) is 18.4. The fraction of sp³-hybridized carbons (Fsp3) is 0.538. The number of nitrogens with zero attached hydrogens (tertiary/aromatic N) is 1. The van der Waals surface area contributed by atoms with E-state index in [2.05, 4.69) is 6.92 Å². The molecule has 17 heavy (non-hydrogen) atoms. The number of anilines is 1. The van der Waals surface area contributed by atoms with E-state index in [0.29, 0.717) is 11.5 Å². The molecule has 2 unspecified atom stereocenters. The third kappa shape index (κ3) is 2.42. The maximum absolute atomic E-state index is 13.4. The third-order valence-electron chi connectivity index (χ3n) is 3.53. The summed E-state index contributed by atoms with van der Waals surface area (Å²) in [6.45, 7) is 2.82. The molecule has 0 aromatic heterocycles. The van der Waals surface area contributed by atoms with E-state index in [1.165, 1.54) is 12.1 Å². The summed E-state index contributed by atoms with van der Waals surface area (Å²) >= 11 is 0. The van der Waals surface area contributed by atoms with Crippen LogP contribution in [0.15, 0.2) is 18.2 Å². The Morgan fingerprint density at radius 2 is 2.12 bits per heavy atom. The van der Waals surface area contributed by atoms with Crippen LogP contribution in [-0.4, -0.2) is 29.4 Å². The molecule has 2 N–H and O–H groups in total. The molecule has 0 spiro atoms. The Bertz CT molecular complexity index is 397. The standard InChI is InChI=1S/C13H18FNO2/c1-9-2-3-15(13(9)8-17)12-5-10(7-16)4-11(14)6-12/h4-6,9,13,16-17H,2-3,7-8H2,1H3. The Morgan fingerprint density at radius 1 is 1.35 bits per heavy atom. The van der Waals surface area contributed by atoms with Gasteiger partial charge in [-0.05, 0) is 36.1 Å². The zero-order valence-electron chi connectivity index (χ0n) is 9.93. The van der Waals surface area contributed by atoms with Gasteiger partial charge in [0, 0.05) is 12.2 Å². The zero-order valence-corrected chi connectivity index (χ0v) is 9.93. The normalized spacial score (nSPS) is 24.4. The maximum Gasteiger partial charge on any atom is 0.125 e.